The molecule has 1 aromatic rings. The second-order valence-corrected chi connectivity index (χ2v) is 6.38. The molecule has 0 spiro atoms. The number of methoxy groups -OCH3 is 1. The zero-order chi connectivity index (χ0) is 16.4. The van der Waals surface area contributed by atoms with Crippen molar-refractivity contribution in [3.63, 3.8) is 0 Å². The molecule has 2 fully saturated rings. The molecule has 0 aromatic heterocycles. The second-order valence-electron chi connectivity index (χ2n) is 6.38. The fourth-order valence-corrected chi connectivity index (χ4v) is 3.60. The summed E-state index contributed by atoms with van der Waals surface area (Å²) in [6, 6.07) is 7.08. The van der Waals surface area contributed by atoms with Crippen molar-refractivity contribution in [1.29, 1.82) is 0 Å². The van der Waals surface area contributed by atoms with Crippen LogP contribution in [0, 0.1) is 5.92 Å². The molecule has 1 saturated carbocycles. The smallest absolute Gasteiger partial charge is 0.249 e. The summed E-state index contributed by atoms with van der Waals surface area (Å²) >= 11 is 0. The minimum Gasteiger partial charge on any atom is -0.497 e. The van der Waals surface area contributed by atoms with E-state index in [1.807, 2.05) is 31.2 Å². The van der Waals surface area contributed by atoms with Gasteiger partial charge >= 0.3 is 0 Å². The maximum atomic E-state index is 12.7. The Morgan fingerprint density at radius 3 is 2.39 bits per heavy atom. The van der Waals surface area contributed by atoms with Crippen LogP contribution in [0.2, 0.25) is 0 Å². The summed E-state index contributed by atoms with van der Waals surface area (Å²) < 4.78 is 5.15. The zero-order valence-corrected chi connectivity index (χ0v) is 13.8. The monoisotopic (exact) mass is 316 g/mol. The lowest BCUT2D eigenvalue weighted by Crippen LogP contribution is -2.58. The average Bonchev–Trinajstić information content (AvgIpc) is 3.11. The van der Waals surface area contributed by atoms with E-state index in [-0.39, 0.29) is 23.8 Å². The van der Waals surface area contributed by atoms with E-state index in [0.29, 0.717) is 13.1 Å². The summed E-state index contributed by atoms with van der Waals surface area (Å²) in [5, 5.41) is 0. The standard InChI is InChI=1S/C18H24N2O3/c1-13-17(21)20(15-7-9-16(23-2)10-8-15)12-11-19(13)18(22)14-5-3-4-6-14/h7-10,13-14H,3-6,11-12H2,1-2H3/t13-/m0/s1. The fourth-order valence-electron chi connectivity index (χ4n) is 3.60. The number of carbonyl (C=O) groups is 2. The molecule has 1 aliphatic carbocycles. The minimum absolute atomic E-state index is 0.00670. The molecule has 2 amide bonds. The van der Waals surface area contributed by atoms with Crippen LogP contribution in [-0.2, 0) is 9.59 Å². The molecule has 5 nitrogen and oxygen atoms in total. The number of carbonyl (C=O) groups excluding carboxylic acids is 2. The predicted molar refractivity (Wildman–Crippen MR) is 88.5 cm³/mol. The average molecular weight is 316 g/mol. The highest BCUT2D eigenvalue weighted by Crippen LogP contribution is 2.29. The van der Waals surface area contributed by atoms with Crippen LogP contribution in [-0.4, -0.2) is 43.0 Å². The number of nitrogens with zero attached hydrogens (tertiary/aromatic N) is 2. The summed E-state index contributed by atoms with van der Waals surface area (Å²) in [7, 11) is 1.62. The Bertz CT molecular complexity index is 578. The summed E-state index contributed by atoms with van der Waals surface area (Å²) in [6.07, 6.45) is 4.20. The molecule has 124 valence electrons. The summed E-state index contributed by atoms with van der Waals surface area (Å²) in [5.41, 5.74) is 0.857. The molecular weight excluding hydrogens is 292 g/mol. The normalized spacial score (nSPS) is 22.5. The molecule has 1 heterocycles. The fraction of sp³-hybridized carbons (Fsp3) is 0.556. The Balaban J connectivity index is 1.71. The molecule has 1 saturated heterocycles. The molecule has 3 rings (SSSR count). The van der Waals surface area contributed by atoms with E-state index in [1.54, 1.807) is 16.9 Å². The Kier molecular flexibility index (Phi) is 4.55. The van der Waals surface area contributed by atoms with Gasteiger partial charge in [0, 0.05) is 24.7 Å². The van der Waals surface area contributed by atoms with Gasteiger partial charge in [0.25, 0.3) is 0 Å². The van der Waals surface area contributed by atoms with Crippen LogP contribution in [0.25, 0.3) is 0 Å². The number of hydrogen-bond donors (Lipinski definition) is 0. The summed E-state index contributed by atoms with van der Waals surface area (Å²) in [5.74, 6) is 1.05. The van der Waals surface area contributed by atoms with Crippen molar-refractivity contribution in [2.24, 2.45) is 5.92 Å². The Hall–Kier alpha value is -2.04. The van der Waals surface area contributed by atoms with E-state index in [9.17, 15) is 9.59 Å². The van der Waals surface area contributed by atoms with Crippen molar-refractivity contribution in [2.75, 3.05) is 25.1 Å². The number of amides is 2. The third-order valence-corrected chi connectivity index (χ3v) is 5.03. The maximum absolute atomic E-state index is 12.7. The number of rotatable bonds is 3. The second kappa shape index (κ2) is 6.60. The van der Waals surface area contributed by atoms with Gasteiger partial charge in [0.15, 0.2) is 0 Å². The topological polar surface area (TPSA) is 49.9 Å². The van der Waals surface area contributed by atoms with Crippen molar-refractivity contribution in [2.45, 2.75) is 38.6 Å². The van der Waals surface area contributed by atoms with Gasteiger partial charge in [-0.25, -0.2) is 0 Å². The third-order valence-electron chi connectivity index (χ3n) is 5.03. The van der Waals surface area contributed by atoms with Crippen molar-refractivity contribution in [3.05, 3.63) is 24.3 Å². The molecule has 0 radical (unpaired) electrons. The van der Waals surface area contributed by atoms with E-state index in [2.05, 4.69) is 0 Å². The number of anilines is 1. The van der Waals surface area contributed by atoms with Gasteiger partial charge in [-0.05, 0) is 44.0 Å². The van der Waals surface area contributed by atoms with E-state index in [4.69, 9.17) is 4.74 Å². The van der Waals surface area contributed by atoms with Gasteiger partial charge in [-0.2, -0.15) is 0 Å². The van der Waals surface area contributed by atoms with Gasteiger partial charge in [0.2, 0.25) is 11.8 Å². The highest BCUT2D eigenvalue weighted by molar-refractivity contribution is 6.00. The summed E-state index contributed by atoms with van der Waals surface area (Å²) in [6.45, 7) is 2.99. The van der Waals surface area contributed by atoms with Gasteiger partial charge in [-0.1, -0.05) is 12.8 Å². The van der Waals surface area contributed by atoms with Gasteiger partial charge in [-0.15, -0.1) is 0 Å². The van der Waals surface area contributed by atoms with E-state index in [1.165, 1.54) is 0 Å². The Morgan fingerprint density at radius 1 is 1.13 bits per heavy atom. The first-order valence-electron chi connectivity index (χ1n) is 8.37. The van der Waals surface area contributed by atoms with Crippen LogP contribution in [0.4, 0.5) is 5.69 Å². The van der Waals surface area contributed by atoms with Crippen LogP contribution in [0.5, 0.6) is 5.75 Å². The van der Waals surface area contributed by atoms with E-state index < -0.39 is 0 Å². The lowest BCUT2D eigenvalue weighted by Gasteiger charge is -2.40. The largest absolute Gasteiger partial charge is 0.497 e. The van der Waals surface area contributed by atoms with Crippen molar-refractivity contribution < 1.29 is 14.3 Å². The predicted octanol–water partition coefficient (Wildman–Crippen LogP) is 2.45. The Morgan fingerprint density at radius 2 is 1.78 bits per heavy atom. The van der Waals surface area contributed by atoms with Crippen molar-refractivity contribution in [3.8, 4) is 5.75 Å². The third kappa shape index (κ3) is 3.05. The van der Waals surface area contributed by atoms with Crippen LogP contribution >= 0.6 is 0 Å². The first-order valence-corrected chi connectivity index (χ1v) is 8.37. The SMILES string of the molecule is COc1ccc(N2CCN(C(=O)C3CCCC3)[C@@H](C)C2=O)cc1. The zero-order valence-electron chi connectivity index (χ0n) is 13.8. The molecule has 2 aliphatic rings. The van der Waals surface area contributed by atoms with E-state index in [0.717, 1.165) is 37.1 Å². The lowest BCUT2D eigenvalue weighted by atomic mass is 10.0. The lowest BCUT2D eigenvalue weighted by molar-refractivity contribution is -0.143. The van der Waals surface area contributed by atoms with Crippen LogP contribution in [0.1, 0.15) is 32.6 Å². The quantitative estimate of drug-likeness (QED) is 0.860. The Labute approximate surface area is 137 Å². The molecular formula is C18H24N2O3. The number of piperazine rings is 1. The molecule has 1 aliphatic heterocycles. The van der Waals surface area contributed by atoms with Gasteiger partial charge in [0.1, 0.15) is 11.8 Å². The summed E-state index contributed by atoms with van der Waals surface area (Å²) in [4.78, 5) is 28.9. The molecule has 5 heteroatoms. The van der Waals surface area contributed by atoms with Crippen LogP contribution < -0.4 is 9.64 Å². The molecule has 1 aromatic carbocycles. The molecule has 0 bridgehead atoms. The number of ether oxygens (including phenoxy) is 1. The van der Waals surface area contributed by atoms with Crippen LogP contribution in [0.15, 0.2) is 24.3 Å². The van der Waals surface area contributed by atoms with Gasteiger partial charge in [0.05, 0.1) is 7.11 Å². The van der Waals surface area contributed by atoms with Crippen molar-refractivity contribution >= 4 is 17.5 Å². The molecule has 23 heavy (non-hydrogen) atoms. The number of benzene rings is 1. The molecule has 0 unspecified atom stereocenters. The highest BCUT2D eigenvalue weighted by atomic mass is 16.5. The maximum Gasteiger partial charge on any atom is 0.249 e. The molecule has 1 atom stereocenters. The number of hydrogen-bond acceptors (Lipinski definition) is 3. The first-order chi connectivity index (χ1) is 11.1. The van der Waals surface area contributed by atoms with Crippen LogP contribution in [0.3, 0.4) is 0 Å². The van der Waals surface area contributed by atoms with E-state index >= 15 is 0 Å². The van der Waals surface area contributed by atoms with Gasteiger partial charge < -0.3 is 14.5 Å². The highest BCUT2D eigenvalue weighted by Gasteiger charge is 2.38. The molecule has 0 N–H and O–H groups in total. The first kappa shape index (κ1) is 15.8. The van der Waals surface area contributed by atoms with Crippen molar-refractivity contribution in [1.82, 2.24) is 4.90 Å². The van der Waals surface area contributed by atoms with Gasteiger partial charge in [-0.3, -0.25) is 9.59 Å². The minimum atomic E-state index is -0.390.